The Balaban J connectivity index is 1.46. The Hall–Kier alpha value is -3.56. The van der Waals surface area contributed by atoms with Crippen LogP contribution in [-0.2, 0) is 28.4 Å². The molecule has 0 aromatic heterocycles. The lowest BCUT2D eigenvalue weighted by molar-refractivity contribution is -0.356. The number of carbonyl (C=O) groups is 2. The largest absolute Gasteiger partial charge is 0.452 e. The van der Waals surface area contributed by atoms with Crippen molar-refractivity contribution in [2.45, 2.75) is 37.0 Å². The Morgan fingerprint density at radius 3 is 1.81 bits per heavy atom. The number of carbonyl (C=O) groups excluding carboxylic acids is 2. The van der Waals surface area contributed by atoms with Gasteiger partial charge in [0.25, 0.3) is 0 Å². The van der Waals surface area contributed by atoms with Crippen molar-refractivity contribution in [3.05, 3.63) is 108 Å². The highest BCUT2D eigenvalue weighted by Crippen LogP contribution is 2.37. The molecule has 2 aliphatic heterocycles. The summed E-state index contributed by atoms with van der Waals surface area (Å²) in [6.07, 6.45) is -5.23. The van der Waals surface area contributed by atoms with Crippen LogP contribution in [0, 0.1) is 0 Å². The third-order valence-corrected chi connectivity index (χ3v) is 6.09. The molecular weight excluding hydrogens is 464 g/mol. The number of benzene rings is 3. The van der Waals surface area contributed by atoms with Gasteiger partial charge in [-0.05, 0) is 24.3 Å². The number of hydrogen-bond donors (Lipinski definition) is 0. The molecule has 0 bridgehead atoms. The van der Waals surface area contributed by atoms with Crippen LogP contribution in [0.15, 0.2) is 91.0 Å². The van der Waals surface area contributed by atoms with E-state index in [-0.39, 0.29) is 6.61 Å². The van der Waals surface area contributed by atoms with Gasteiger partial charge in [-0.25, -0.2) is 9.59 Å². The lowest BCUT2D eigenvalue weighted by Gasteiger charge is -2.47. The number of methoxy groups -OCH3 is 1. The average Bonchev–Trinajstić information content (AvgIpc) is 2.95. The number of esters is 2. The second-order valence-corrected chi connectivity index (χ2v) is 8.43. The quantitative estimate of drug-likeness (QED) is 0.481. The molecular formula is C28H26O8. The molecule has 5 rings (SSSR count). The predicted octanol–water partition coefficient (Wildman–Crippen LogP) is 3.92. The van der Waals surface area contributed by atoms with Gasteiger partial charge in [-0.1, -0.05) is 66.7 Å². The number of hydrogen-bond acceptors (Lipinski definition) is 8. The van der Waals surface area contributed by atoms with Crippen LogP contribution in [0.25, 0.3) is 0 Å². The number of rotatable bonds is 6. The van der Waals surface area contributed by atoms with E-state index >= 15 is 0 Å². The first-order valence-corrected chi connectivity index (χ1v) is 11.7. The van der Waals surface area contributed by atoms with Crippen LogP contribution in [0.1, 0.15) is 32.6 Å². The molecule has 8 heteroatoms. The first-order valence-electron chi connectivity index (χ1n) is 11.7. The van der Waals surface area contributed by atoms with E-state index in [2.05, 4.69) is 0 Å². The van der Waals surface area contributed by atoms with E-state index in [4.69, 9.17) is 28.4 Å². The summed E-state index contributed by atoms with van der Waals surface area (Å²) in [4.78, 5) is 26.1. The third kappa shape index (κ3) is 5.17. The Morgan fingerprint density at radius 2 is 1.25 bits per heavy atom. The number of fused-ring (bicyclic) bond motifs is 1. The molecule has 0 saturated carbocycles. The van der Waals surface area contributed by atoms with E-state index < -0.39 is 48.9 Å². The summed E-state index contributed by atoms with van der Waals surface area (Å²) in [5.74, 6) is -1.18. The summed E-state index contributed by atoms with van der Waals surface area (Å²) in [5.41, 5.74) is 1.50. The molecule has 186 valence electrons. The fourth-order valence-electron chi connectivity index (χ4n) is 4.31. The van der Waals surface area contributed by atoms with Crippen molar-refractivity contribution in [3.8, 4) is 0 Å². The van der Waals surface area contributed by atoms with E-state index in [1.54, 1.807) is 60.7 Å². The highest BCUT2D eigenvalue weighted by Gasteiger charge is 2.54. The zero-order valence-corrected chi connectivity index (χ0v) is 19.6. The second kappa shape index (κ2) is 11.0. The predicted molar refractivity (Wildman–Crippen MR) is 127 cm³/mol. The van der Waals surface area contributed by atoms with Gasteiger partial charge in [-0.3, -0.25) is 0 Å². The molecule has 2 heterocycles. The molecule has 6 atom stereocenters. The lowest BCUT2D eigenvalue weighted by Crippen LogP contribution is -2.64. The van der Waals surface area contributed by atoms with Crippen molar-refractivity contribution >= 4 is 11.9 Å². The van der Waals surface area contributed by atoms with Crippen LogP contribution in [0.5, 0.6) is 0 Å². The van der Waals surface area contributed by atoms with E-state index in [1.165, 1.54) is 7.11 Å². The first kappa shape index (κ1) is 24.1. The van der Waals surface area contributed by atoms with Crippen molar-refractivity contribution in [1.29, 1.82) is 0 Å². The van der Waals surface area contributed by atoms with E-state index in [0.717, 1.165) is 5.56 Å². The summed E-state index contributed by atoms with van der Waals surface area (Å²) < 4.78 is 35.5. The summed E-state index contributed by atoms with van der Waals surface area (Å²) in [5, 5.41) is 0. The van der Waals surface area contributed by atoms with Gasteiger partial charge in [0.2, 0.25) is 0 Å². The zero-order valence-electron chi connectivity index (χ0n) is 19.6. The molecule has 0 amide bonds. The fourth-order valence-corrected chi connectivity index (χ4v) is 4.31. The molecule has 0 radical (unpaired) electrons. The molecule has 3 aromatic rings. The number of ether oxygens (including phenoxy) is 6. The summed E-state index contributed by atoms with van der Waals surface area (Å²) in [6.45, 7) is 0.169. The minimum absolute atomic E-state index is 0.169. The van der Waals surface area contributed by atoms with Crippen molar-refractivity contribution in [1.82, 2.24) is 0 Å². The van der Waals surface area contributed by atoms with Crippen LogP contribution in [0.2, 0.25) is 0 Å². The maximum atomic E-state index is 13.1. The molecule has 3 aromatic carbocycles. The topological polar surface area (TPSA) is 89.5 Å². The van der Waals surface area contributed by atoms with Gasteiger partial charge in [-0.15, -0.1) is 0 Å². The smallest absolute Gasteiger partial charge is 0.338 e. The Morgan fingerprint density at radius 1 is 0.722 bits per heavy atom. The van der Waals surface area contributed by atoms with Gasteiger partial charge in [0.1, 0.15) is 12.2 Å². The highest BCUT2D eigenvalue weighted by molar-refractivity contribution is 5.90. The summed E-state index contributed by atoms with van der Waals surface area (Å²) in [6, 6.07) is 26.5. The third-order valence-electron chi connectivity index (χ3n) is 6.09. The maximum Gasteiger partial charge on any atom is 0.338 e. The first-order chi connectivity index (χ1) is 17.6. The van der Waals surface area contributed by atoms with Gasteiger partial charge in [-0.2, -0.15) is 0 Å². The second-order valence-electron chi connectivity index (χ2n) is 8.43. The van der Waals surface area contributed by atoms with Gasteiger partial charge in [0.15, 0.2) is 24.8 Å². The summed E-state index contributed by atoms with van der Waals surface area (Å²) in [7, 11) is 1.43. The Kier molecular flexibility index (Phi) is 7.39. The standard InChI is InChI=1S/C28H26O8/c1-31-28-24(35-26(30)19-13-7-3-8-14-19)23(34-25(29)18-11-5-2-6-12-18)22-21(33-28)17-32-27(36-22)20-15-9-4-10-16-20/h2-16,21-24,27-28H,17H2,1H3/t21-,22-,23+,24-,27-,28+/m0/s1. The molecule has 2 fully saturated rings. The summed E-state index contributed by atoms with van der Waals surface area (Å²) >= 11 is 0. The van der Waals surface area contributed by atoms with Gasteiger partial charge in [0.05, 0.1) is 17.7 Å². The molecule has 0 aliphatic carbocycles. The minimum atomic E-state index is -1.09. The molecule has 0 spiro atoms. The Labute approximate surface area is 208 Å². The minimum Gasteiger partial charge on any atom is -0.452 e. The molecule has 0 N–H and O–H groups in total. The van der Waals surface area contributed by atoms with Gasteiger partial charge < -0.3 is 28.4 Å². The zero-order chi connectivity index (χ0) is 24.9. The van der Waals surface area contributed by atoms with Gasteiger partial charge >= 0.3 is 11.9 Å². The molecule has 0 unspecified atom stereocenters. The molecule has 2 saturated heterocycles. The molecule has 36 heavy (non-hydrogen) atoms. The van der Waals surface area contributed by atoms with Crippen LogP contribution < -0.4 is 0 Å². The van der Waals surface area contributed by atoms with E-state index in [1.807, 2.05) is 30.3 Å². The molecule has 2 aliphatic rings. The van der Waals surface area contributed by atoms with Crippen molar-refractivity contribution in [2.24, 2.45) is 0 Å². The Bertz CT molecular complexity index is 1150. The maximum absolute atomic E-state index is 13.1. The monoisotopic (exact) mass is 490 g/mol. The lowest BCUT2D eigenvalue weighted by atomic mass is 9.97. The van der Waals surface area contributed by atoms with Crippen molar-refractivity contribution < 1.29 is 38.0 Å². The van der Waals surface area contributed by atoms with Crippen LogP contribution in [0.3, 0.4) is 0 Å². The van der Waals surface area contributed by atoms with Gasteiger partial charge in [0, 0.05) is 12.7 Å². The van der Waals surface area contributed by atoms with Crippen molar-refractivity contribution in [2.75, 3.05) is 13.7 Å². The van der Waals surface area contributed by atoms with E-state index in [9.17, 15) is 9.59 Å². The van der Waals surface area contributed by atoms with Crippen LogP contribution in [-0.4, -0.2) is 56.4 Å². The molecule has 8 nitrogen and oxygen atoms in total. The highest BCUT2D eigenvalue weighted by atomic mass is 16.8. The van der Waals surface area contributed by atoms with Crippen LogP contribution >= 0.6 is 0 Å². The fraction of sp³-hybridized carbons (Fsp3) is 0.286. The van der Waals surface area contributed by atoms with E-state index in [0.29, 0.717) is 11.1 Å². The van der Waals surface area contributed by atoms with Crippen LogP contribution in [0.4, 0.5) is 0 Å². The SMILES string of the molecule is CO[C@@H]1O[C@H]2CO[C@H](c3ccccc3)O[C@@H]2[C@@H](OC(=O)c2ccccc2)[C@@H]1OC(=O)c1ccccc1. The normalized spacial score (nSPS) is 27.5. The van der Waals surface area contributed by atoms with Crippen molar-refractivity contribution in [3.63, 3.8) is 0 Å². The average molecular weight is 491 g/mol.